The van der Waals surface area contributed by atoms with Crippen LogP contribution < -0.4 is 10.1 Å². The van der Waals surface area contributed by atoms with Crippen LogP contribution in [-0.4, -0.2) is 13.2 Å². The summed E-state index contributed by atoms with van der Waals surface area (Å²) in [4.78, 5) is 0. The van der Waals surface area contributed by atoms with Crippen molar-refractivity contribution < 1.29 is 4.74 Å². The predicted molar refractivity (Wildman–Crippen MR) is 68.9 cm³/mol. The lowest BCUT2D eigenvalue weighted by atomic mass is 10.1. The lowest BCUT2D eigenvalue weighted by molar-refractivity contribution is 0.340. The molecule has 0 bridgehead atoms. The van der Waals surface area contributed by atoms with Gasteiger partial charge in [-0.1, -0.05) is 25.5 Å². The van der Waals surface area contributed by atoms with Crippen LogP contribution in [0.2, 0.25) is 0 Å². The lowest BCUT2D eigenvalue weighted by Gasteiger charge is -2.12. The SMILES string of the molecule is CCCCNC(C#N)c1ccc(OCC)cc1. The number of benzene rings is 1. The quantitative estimate of drug-likeness (QED) is 0.735. The van der Waals surface area contributed by atoms with Crippen molar-refractivity contribution in [1.29, 1.82) is 5.26 Å². The average molecular weight is 232 g/mol. The molecule has 1 unspecified atom stereocenters. The van der Waals surface area contributed by atoms with Crippen LogP contribution in [0.3, 0.4) is 0 Å². The van der Waals surface area contributed by atoms with Gasteiger partial charge in [0, 0.05) is 0 Å². The van der Waals surface area contributed by atoms with Crippen molar-refractivity contribution in [3.05, 3.63) is 29.8 Å². The molecule has 0 heterocycles. The van der Waals surface area contributed by atoms with E-state index in [1.54, 1.807) is 0 Å². The molecule has 17 heavy (non-hydrogen) atoms. The number of rotatable bonds is 7. The van der Waals surface area contributed by atoms with Crippen LogP contribution in [-0.2, 0) is 0 Å². The first-order valence-corrected chi connectivity index (χ1v) is 6.17. The molecule has 1 rings (SSSR count). The number of unbranched alkanes of at least 4 members (excludes halogenated alkanes) is 1. The largest absolute Gasteiger partial charge is 0.494 e. The van der Waals surface area contributed by atoms with Crippen molar-refractivity contribution in [3.8, 4) is 11.8 Å². The molecule has 92 valence electrons. The Morgan fingerprint density at radius 3 is 2.53 bits per heavy atom. The van der Waals surface area contributed by atoms with E-state index in [2.05, 4.69) is 18.3 Å². The number of ether oxygens (including phenoxy) is 1. The van der Waals surface area contributed by atoms with E-state index in [4.69, 9.17) is 10.00 Å². The number of nitrogens with one attached hydrogen (secondary N) is 1. The van der Waals surface area contributed by atoms with Crippen LogP contribution >= 0.6 is 0 Å². The Morgan fingerprint density at radius 1 is 1.29 bits per heavy atom. The maximum atomic E-state index is 9.11. The minimum atomic E-state index is -0.225. The van der Waals surface area contributed by atoms with Gasteiger partial charge < -0.3 is 4.74 Å². The summed E-state index contributed by atoms with van der Waals surface area (Å²) in [6, 6.07) is 9.75. The minimum Gasteiger partial charge on any atom is -0.494 e. The number of hydrogen-bond donors (Lipinski definition) is 1. The van der Waals surface area contributed by atoms with Crippen molar-refractivity contribution in [3.63, 3.8) is 0 Å². The van der Waals surface area contributed by atoms with Gasteiger partial charge in [-0.3, -0.25) is 5.32 Å². The zero-order chi connectivity index (χ0) is 12.5. The Hall–Kier alpha value is -1.53. The molecule has 0 aliphatic rings. The monoisotopic (exact) mass is 232 g/mol. The summed E-state index contributed by atoms with van der Waals surface area (Å²) >= 11 is 0. The summed E-state index contributed by atoms with van der Waals surface area (Å²) in [5.41, 5.74) is 0.993. The molecule has 1 N–H and O–H groups in total. The molecular formula is C14H20N2O. The second-order valence-electron chi connectivity index (χ2n) is 3.87. The Morgan fingerprint density at radius 2 is 2.00 bits per heavy atom. The Kier molecular flexibility index (Phi) is 6.13. The highest BCUT2D eigenvalue weighted by Crippen LogP contribution is 2.17. The summed E-state index contributed by atoms with van der Waals surface area (Å²) in [6.07, 6.45) is 2.23. The molecule has 0 amide bonds. The molecule has 0 fully saturated rings. The summed E-state index contributed by atoms with van der Waals surface area (Å²) < 4.78 is 5.37. The predicted octanol–water partition coefficient (Wildman–Crippen LogP) is 3.04. The first-order chi connectivity index (χ1) is 8.31. The lowest BCUT2D eigenvalue weighted by Crippen LogP contribution is -2.20. The van der Waals surface area contributed by atoms with Crippen LogP contribution in [0.4, 0.5) is 0 Å². The number of nitrogens with zero attached hydrogens (tertiary/aromatic N) is 1. The molecule has 0 saturated carbocycles. The molecule has 1 aromatic carbocycles. The van der Waals surface area contributed by atoms with E-state index in [1.807, 2.05) is 31.2 Å². The fourth-order valence-electron chi connectivity index (χ4n) is 1.58. The van der Waals surface area contributed by atoms with Crippen LogP contribution in [0.1, 0.15) is 38.3 Å². The van der Waals surface area contributed by atoms with Gasteiger partial charge in [0.05, 0.1) is 12.7 Å². The summed E-state index contributed by atoms with van der Waals surface area (Å²) in [6.45, 7) is 5.63. The van der Waals surface area contributed by atoms with Crippen molar-refractivity contribution >= 4 is 0 Å². The van der Waals surface area contributed by atoms with Crippen LogP contribution in [0.25, 0.3) is 0 Å². The van der Waals surface area contributed by atoms with E-state index in [-0.39, 0.29) is 6.04 Å². The first kappa shape index (κ1) is 13.5. The van der Waals surface area contributed by atoms with Gasteiger partial charge in [0.25, 0.3) is 0 Å². The molecule has 3 nitrogen and oxygen atoms in total. The summed E-state index contributed by atoms with van der Waals surface area (Å²) in [5.74, 6) is 0.849. The third-order valence-electron chi connectivity index (χ3n) is 2.53. The molecule has 0 saturated heterocycles. The van der Waals surface area contributed by atoms with Crippen molar-refractivity contribution in [2.75, 3.05) is 13.2 Å². The van der Waals surface area contributed by atoms with Gasteiger partial charge in [-0.2, -0.15) is 5.26 Å². The highest BCUT2D eigenvalue weighted by Gasteiger charge is 2.08. The third kappa shape index (κ3) is 4.46. The summed E-state index contributed by atoms with van der Waals surface area (Å²) in [7, 11) is 0. The average Bonchev–Trinajstić information content (AvgIpc) is 2.36. The van der Waals surface area contributed by atoms with E-state index in [9.17, 15) is 0 Å². The molecule has 0 aliphatic heterocycles. The fraction of sp³-hybridized carbons (Fsp3) is 0.500. The maximum absolute atomic E-state index is 9.11. The van der Waals surface area contributed by atoms with Gasteiger partial charge in [-0.15, -0.1) is 0 Å². The van der Waals surface area contributed by atoms with Gasteiger partial charge in [-0.05, 0) is 37.6 Å². The first-order valence-electron chi connectivity index (χ1n) is 6.17. The molecular weight excluding hydrogens is 212 g/mol. The molecule has 0 spiro atoms. The van der Waals surface area contributed by atoms with E-state index in [1.165, 1.54) is 0 Å². The zero-order valence-corrected chi connectivity index (χ0v) is 10.6. The van der Waals surface area contributed by atoms with Crippen molar-refractivity contribution in [1.82, 2.24) is 5.32 Å². The van der Waals surface area contributed by atoms with Gasteiger partial charge in [0.1, 0.15) is 11.8 Å². The topological polar surface area (TPSA) is 45.0 Å². The summed E-state index contributed by atoms with van der Waals surface area (Å²) in [5, 5.41) is 12.3. The fourth-order valence-corrected chi connectivity index (χ4v) is 1.58. The maximum Gasteiger partial charge on any atom is 0.121 e. The number of nitriles is 1. The van der Waals surface area contributed by atoms with Crippen LogP contribution in [0.5, 0.6) is 5.75 Å². The Balaban J connectivity index is 2.59. The molecule has 0 aliphatic carbocycles. The van der Waals surface area contributed by atoms with Gasteiger partial charge in [0.2, 0.25) is 0 Å². The van der Waals surface area contributed by atoms with Crippen LogP contribution in [0, 0.1) is 11.3 Å². The molecule has 3 heteroatoms. The number of hydrogen-bond acceptors (Lipinski definition) is 3. The molecule has 0 aromatic heterocycles. The van der Waals surface area contributed by atoms with E-state index in [0.717, 1.165) is 30.7 Å². The Labute approximate surface area is 103 Å². The normalized spacial score (nSPS) is 11.8. The highest BCUT2D eigenvalue weighted by atomic mass is 16.5. The standard InChI is InChI=1S/C14H20N2O/c1-3-5-10-16-14(11-15)12-6-8-13(9-7-12)17-4-2/h6-9,14,16H,3-5,10H2,1-2H3. The van der Waals surface area contributed by atoms with Gasteiger partial charge in [0.15, 0.2) is 0 Å². The van der Waals surface area contributed by atoms with Gasteiger partial charge in [-0.25, -0.2) is 0 Å². The van der Waals surface area contributed by atoms with Gasteiger partial charge >= 0.3 is 0 Å². The molecule has 1 aromatic rings. The van der Waals surface area contributed by atoms with E-state index < -0.39 is 0 Å². The van der Waals surface area contributed by atoms with E-state index in [0.29, 0.717) is 6.61 Å². The smallest absolute Gasteiger partial charge is 0.121 e. The zero-order valence-electron chi connectivity index (χ0n) is 10.6. The van der Waals surface area contributed by atoms with Crippen molar-refractivity contribution in [2.45, 2.75) is 32.7 Å². The molecule has 1 atom stereocenters. The minimum absolute atomic E-state index is 0.225. The Bertz CT molecular complexity index is 353. The second kappa shape index (κ2) is 7.70. The van der Waals surface area contributed by atoms with Crippen molar-refractivity contribution in [2.24, 2.45) is 0 Å². The molecule has 0 radical (unpaired) electrons. The highest BCUT2D eigenvalue weighted by molar-refractivity contribution is 5.31. The van der Waals surface area contributed by atoms with E-state index >= 15 is 0 Å². The second-order valence-corrected chi connectivity index (χ2v) is 3.87. The third-order valence-corrected chi connectivity index (χ3v) is 2.53. The van der Waals surface area contributed by atoms with Crippen LogP contribution in [0.15, 0.2) is 24.3 Å².